The molecule has 16 rings (SSSR count). The predicted molar refractivity (Wildman–Crippen MR) is 337 cm³/mol. The zero-order valence-corrected chi connectivity index (χ0v) is 44.6. The molecule has 0 fully saturated rings. The predicted octanol–water partition coefficient (Wildman–Crippen LogP) is 15.7. The van der Waals surface area contributed by atoms with Crippen LogP contribution in [0.25, 0.3) is 33.4 Å². The van der Waals surface area contributed by atoms with Crippen LogP contribution in [0.5, 0.6) is 0 Å². The first kappa shape index (κ1) is 46.0. The quantitative estimate of drug-likeness (QED) is 0.140. The van der Waals surface area contributed by atoms with E-state index >= 15 is 0 Å². The minimum atomic E-state index is -0.0294. The second-order valence-electron chi connectivity index (χ2n) is 20.7. The summed E-state index contributed by atoms with van der Waals surface area (Å²) in [6.07, 6.45) is 0. The van der Waals surface area contributed by atoms with Gasteiger partial charge >= 0.3 is 0 Å². The maximum Gasteiger partial charge on any atom is 0.249 e. The average Bonchev–Trinajstić information content (AvgIpc) is 3.34. The van der Waals surface area contributed by atoms with Crippen LogP contribution in [0.2, 0.25) is 0 Å². The van der Waals surface area contributed by atoms with Gasteiger partial charge in [0.05, 0.1) is 11.4 Å². The molecule has 0 bridgehead atoms. The van der Waals surface area contributed by atoms with E-state index < -0.39 is 0 Å². The monoisotopic (exact) mass is 1040 g/mol. The van der Waals surface area contributed by atoms with Crippen LogP contribution in [-0.2, 0) is 0 Å². The smallest absolute Gasteiger partial charge is 0.249 e. The maximum absolute atomic E-state index is 2.63. The molecular formula is C72H47B2N3S2. The van der Waals surface area contributed by atoms with E-state index in [1.165, 1.54) is 114 Å². The Morgan fingerprint density at radius 3 is 1.14 bits per heavy atom. The van der Waals surface area contributed by atoms with Crippen LogP contribution in [0.1, 0.15) is 0 Å². The first-order valence-electron chi connectivity index (χ1n) is 27.1. The topological polar surface area (TPSA) is 9.72 Å². The molecule has 0 aliphatic carbocycles. The van der Waals surface area contributed by atoms with E-state index in [4.69, 9.17) is 0 Å². The highest BCUT2D eigenvalue weighted by atomic mass is 32.2. The summed E-state index contributed by atoms with van der Waals surface area (Å²) in [6.45, 7) is -0.0300. The molecule has 0 amide bonds. The van der Waals surface area contributed by atoms with Crippen molar-refractivity contribution in [2.24, 2.45) is 0 Å². The van der Waals surface area contributed by atoms with Crippen molar-refractivity contribution in [3.63, 3.8) is 0 Å². The van der Waals surface area contributed by atoms with Gasteiger partial charge in [-0.2, -0.15) is 0 Å². The first-order valence-corrected chi connectivity index (χ1v) is 28.8. The van der Waals surface area contributed by atoms with Gasteiger partial charge in [0, 0.05) is 70.5 Å². The summed E-state index contributed by atoms with van der Waals surface area (Å²) < 4.78 is 0. The molecule has 4 heterocycles. The molecule has 4 aliphatic rings. The number of nitrogens with zero attached hydrogens (tertiary/aromatic N) is 3. The van der Waals surface area contributed by atoms with Gasteiger partial charge in [0.25, 0.3) is 0 Å². The number of hydrogen-bond acceptors (Lipinski definition) is 5. The van der Waals surface area contributed by atoms with Crippen LogP contribution in [0.15, 0.2) is 305 Å². The molecule has 12 aromatic carbocycles. The molecule has 0 N–H and O–H groups in total. The van der Waals surface area contributed by atoms with Crippen LogP contribution < -0.4 is 47.5 Å². The van der Waals surface area contributed by atoms with Gasteiger partial charge in [-0.1, -0.05) is 241 Å². The third-order valence-corrected chi connectivity index (χ3v) is 18.6. The molecule has 4 aliphatic heterocycles. The van der Waals surface area contributed by atoms with Gasteiger partial charge in [-0.3, -0.25) is 0 Å². The number of anilines is 9. The molecule has 0 saturated carbocycles. The van der Waals surface area contributed by atoms with Crippen molar-refractivity contribution >= 4 is 121 Å². The lowest BCUT2D eigenvalue weighted by Crippen LogP contribution is -2.63. The summed E-state index contributed by atoms with van der Waals surface area (Å²) in [6, 6.07) is 106. The molecule has 0 unspecified atom stereocenters. The van der Waals surface area contributed by atoms with Gasteiger partial charge in [0.1, 0.15) is 0 Å². The van der Waals surface area contributed by atoms with Crippen molar-refractivity contribution in [3.05, 3.63) is 285 Å². The van der Waals surface area contributed by atoms with Gasteiger partial charge < -0.3 is 14.7 Å². The third kappa shape index (κ3) is 7.48. The largest absolute Gasteiger partial charge is 0.311 e. The molecular weight excluding hydrogens is 993 g/mol. The summed E-state index contributed by atoms with van der Waals surface area (Å²) in [4.78, 5) is 12.7. The van der Waals surface area contributed by atoms with Gasteiger partial charge in [0.2, 0.25) is 13.4 Å². The van der Waals surface area contributed by atoms with Gasteiger partial charge in [-0.25, -0.2) is 0 Å². The lowest BCUT2D eigenvalue weighted by Gasteiger charge is -2.43. The van der Waals surface area contributed by atoms with Crippen LogP contribution >= 0.6 is 23.5 Å². The number of benzene rings is 12. The second-order valence-corrected chi connectivity index (χ2v) is 22.9. The Bertz CT molecular complexity index is 4310. The maximum atomic E-state index is 2.63. The van der Waals surface area contributed by atoms with Gasteiger partial charge in [-0.05, 0) is 123 Å². The van der Waals surface area contributed by atoms with Crippen LogP contribution in [0.3, 0.4) is 0 Å². The fourth-order valence-corrected chi connectivity index (χ4v) is 15.5. The van der Waals surface area contributed by atoms with Crippen LogP contribution in [-0.4, -0.2) is 13.4 Å². The molecule has 7 heteroatoms. The Labute approximate surface area is 470 Å². The average molecular weight is 1040 g/mol. The minimum Gasteiger partial charge on any atom is -0.311 e. The van der Waals surface area contributed by atoms with E-state index in [1.807, 2.05) is 23.5 Å². The summed E-state index contributed by atoms with van der Waals surface area (Å²) in [5.41, 5.74) is 25.7. The molecule has 0 spiro atoms. The molecule has 0 atom stereocenters. The molecule has 0 saturated heterocycles. The van der Waals surface area contributed by atoms with Crippen molar-refractivity contribution in [1.29, 1.82) is 0 Å². The van der Waals surface area contributed by atoms with Crippen molar-refractivity contribution < 1.29 is 0 Å². The number of fused-ring (bicyclic) bond motifs is 8. The standard InChI is InChI=1S/C72H47B2N3S2/c1-6-24-48(25-7-1)51-42-65-71-69(43-51)78-67-47-68-60(46-59(67)73(71)57-36-18-22-40-63(57)76(65)61-38-20-16-34-55(61)49-26-8-2-9-27-49)74-58-37-19-23-41-64(58)77(62-39-21-17-35-56(62)50-28-10-3-11-29-50)66-44-54(45-70(79-68)72(66)74)75(52-30-12-4-13-31-52)53-32-14-5-15-33-53/h1-47H. The summed E-state index contributed by atoms with van der Waals surface area (Å²) in [5, 5.41) is 0. The Kier molecular flexibility index (Phi) is 11.0. The fourth-order valence-electron chi connectivity index (χ4n) is 13.0. The molecule has 368 valence electrons. The fraction of sp³-hybridized carbons (Fsp3) is 0. The zero-order chi connectivity index (χ0) is 52.0. The number of hydrogen-bond donors (Lipinski definition) is 0. The lowest BCUT2D eigenvalue weighted by atomic mass is 9.32. The van der Waals surface area contributed by atoms with E-state index in [-0.39, 0.29) is 13.4 Å². The molecule has 0 radical (unpaired) electrons. The van der Waals surface area contributed by atoms with Crippen molar-refractivity contribution in [2.45, 2.75) is 19.6 Å². The number of rotatable bonds is 8. The molecule has 3 nitrogen and oxygen atoms in total. The zero-order valence-electron chi connectivity index (χ0n) is 42.9. The SMILES string of the molecule is c1ccc(-c2cc3c4c(c2)N(c2ccccc2-c2ccccc2)c2ccccc2B4c2cc4c(cc2S3)Sc2cc(N(c3ccccc3)c3ccccc3)cc3c2B4c2ccccc2N3c2ccccc2-c2ccccc2)cc1. The van der Waals surface area contributed by atoms with Crippen molar-refractivity contribution in [2.75, 3.05) is 14.7 Å². The van der Waals surface area contributed by atoms with Crippen molar-refractivity contribution in [3.8, 4) is 33.4 Å². The Hall–Kier alpha value is -9.13. The van der Waals surface area contributed by atoms with Gasteiger partial charge in [0.15, 0.2) is 0 Å². The van der Waals surface area contributed by atoms with Crippen LogP contribution in [0.4, 0.5) is 51.2 Å². The van der Waals surface area contributed by atoms with E-state index in [1.54, 1.807) is 0 Å². The molecule has 79 heavy (non-hydrogen) atoms. The first-order chi connectivity index (χ1) is 39.2. The lowest BCUT2D eigenvalue weighted by molar-refractivity contribution is 1.23. The van der Waals surface area contributed by atoms with Crippen molar-refractivity contribution in [1.82, 2.24) is 0 Å². The number of para-hydroxylation sites is 6. The Morgan fingerprint density at radius 2 is 0.646 bits per heavy atom. The molecule has 12 aromatic rings. The Morgan fingerprint density at radius 1 is 0.253 bits per heavy atom. The van der Waals surface area contributed by atoms with Crippen LogP contribution in [0, 0.1) is 0 Å². The van der Waals surface area contributed by atoms with E-state index in [0.29, 0.717) is 0 Å². The van der Waals surface area contributed by atoms with Gasteiger partial charge in [-0.15, -0.1) is 0 Å². The van der Waals surface area contributed by atoms with E-state index in [2.05, 4.69) is 300 Å². The third-order valence-electron chi connectivity index (χ3n) is 16.3. The molecule has 0 aromatic heterocycles. The summed E-state index contributed by atoms with van der Waals surface area (Å²) in [5.74, 6) is 0. The second kappa shape index (κ2) is 18.8. The van der Waals surface area contributed by atoms with E-state index in [9.17, 15) is 0 Å². The highest BCUT2D eigenvalue weighted by Crippen LogP contribution is 2.51. The highest BCUT2D eigenvalue weighted by molar-refractivity contribution is 8.01. The van der Waals surface area contributed by atoms with E-state index in [0.717, 1.165) is 22.7 Å². The normalized spacial score (nSPS) is 13.1. The minimum absolute atomic E-state index is 0.000612. The summed E-state index contributed by atoms with van der Waals surface area (Å²) in [7, 11) is 0. The Balaban J connectivity index is 0.936. The highest BCUT2D eigenvalue weighted by Gasteiger charge is 2.46. The summed E-state index contributed by atoms with van der Waals surface area (Å²) >= 11 is 3.87.